The number of fused-ring (bicyclic) bond motifs is 1. The summed E-state index contributed by atoms with van der Waals surface area (Å²) in [6.45, 7) is 0.619. The summed E-state index contributed by atoms with van der Waals surface area (Å²) in [5, 5.41) is 13.5. The summed E-state index contributed by atoms with van der Waals surface area (Å²) < 4.78 is 19.8. The van der Waals surface area contributed by atoms with Crippen LogP contribution in [0.3, 0.4) is 0 Å². The highest BCUT2D eigenvalue weighted by atomic mass is 79.9. The summed E-state index contributed by atoms with van der Waals surface area (Å²) in [7, 11) is 0. The van der Waals surface area contributed by atoms with E-state index in [4.69, 9.17) is 4.74 Å². The molecule has 7 heteroatoms. The van der Waals surface area contributed by atoms with Crippen molar-refractivity contribution in [3.05, 3.63) is 105 Å². The molecule has 1 amide bonds. The maximum absolute atomic E-state index is 13.1. The van der Waals surface area contributed by atoms with Crippen molar-refractivity contribution in [3.63, 3.8) is 0 Å². The zero-order valence-electron chi connectivity index (χ0n) is 18.1. The Morgan fingerprint density at radius 2 is 1.94 bits per heavy atom. The second-order valence-electron chi connectivity index (χ2n) is 7.63. The molecule has 0 bridgehead atoms. The van der Waals surface area contributed by atoms with Gasteiger partial charge in [-0.15, -0.1) is 0 Å². The Hall–Kier alpha value is -3.89. The maximum atomic E-state index is 13.1. The number of hydrogen-bond donors (Lipinski definition) is 2. The average molecular weight is 518 g/mol. The molecule has 0 spiro atoms. The van der Waals surface area contributed by atoms with Gasteiger partial charge in [0.2, 0.25) is 0 Å². The topological polar surface area (TPSA) is 77.9 Å². The van der Waals surface area contributed by atoms with E-state index in [1.54, 1.807) is 24.3 Å². The number of carbonyl (C=O) groups excluding carboxylic acids is 1. The summed E-state index contributed by atoms with van der Waals surface area (Å²) in [4.78, 5) is 15.9. The molecule has 4 rings (SSSR count). The number of ether oxygens (including phenoxy) is 1. The number of para-hydroxylation sites is 1. The number of hydrogen-bond acceptors (Lipinski definition) is 3. The average Bonchev–Trinajstić information content (AvgIpc) is 3.26. The number of H-pyrrole nitrogens is 1. The first kappa shape index (κ1) is 23.3. The minimum atomic E-state index is -0.452. The predicted molar refractivity (Wildman–Crippen MR) is 133 cm³/mol. The van der Waals surface area contributed by atoms with Crippen molar-refractivity contribution < 1.29 is 13.9 Å². The lowest BCUT2D eigenvalue weighted by atomic mass is 10.1. The third-order valence-electron chi connectivity index (χ3n) is 5.30. The predicted octanol–water partition coefficient (Wildman–Crippen LogP) is 5.91. The van der Waals surface area contributed by atoms with Crippen LogP contribution in [-0.4, -0.2) is 17.4 Å². The van der Waals surface area contributed by atoms with Crippen LogP contribution in [0.15, 0.2) is 83.0 Å². The summed E-state index contributed by atoms with van der Waals surface area (Å²) in [5.41, 5.74) is 3.50. The van der Waals surface area contributed by atoms with E-state index < -0.39 is 5.91 Å². The SMILES string of the molecule is N#C/C(=C/c1cc(Br)ccc1OCc1ccc(F)cc1)C(=O)NCCc1c[nH]c2ccccc12. The van der Waals surface area contributed by atoms with Crippen molar-refractivity contribution in [2.24, 2.45) is 0 Å². The number of carbonyl (C=O) groups is 1. The van der Waals surface area contributed by atoms with Crippen LogP contribution >= 0.6 is 15.9 Å². The number of nitriles is 1. The van der Waals surface area contributed by atoms with Crippen LogP contribution in [0.2, 0.25) is 0 Å². The van der Waals surface area contributed by atoms with E-state index in [9.17, 15) is 14.4 Å². The van der Waals surface area contributed by atoms with Crippen molar-refractivity contribution in [3.8, 4) is 11.8 Å². The molecular weight excluding hydrogens is 497 g/mol. The lowest BCUT2D eigenvalue weighted by Crippen LogP contribution is -2.26. The summed E-state index contributed by atoms with van der Waals surface area (Å²) in [5.74, 6) is -0.260. The molecule has 5 nitrogen and oxygen atoms in total. The molecule has 0 radical (unpaired) electrons. The van der Waals surface area contributed by atoms with Gasteiger partial charge < -0.3 is 15.0 Å². The Morgan fingerprint density at radius 1 is 1.15 bits per heavy atom. The Balaban J connectivity index is 1.44. The summed E-state index contributed by atoms with van der Waals surface area (Å²) in [6, 6.07) is 21.3. The van der Waals surface area contributed by atoms with Gasteiger partial charge in [0.25, 0.3) is 5.91 Å². The van der Waals surface area contributed by atoms with Gasteiger partial charge in [-0.25, -0.2) is 4.39 Å². The first-order valence-corrected chi connectivity index (χ1v) is 11.4. The smallest absolute Gasteiger partial charge is 0.261 e. The number of aromatic nitrogens is 1. The number of aromatic amines is 1. The maximum Gasteiger partial charge on any atom is 0.261 e. The molecule has 0 saturated carbocycles. The van der Waals surface area contributed by atoms with E-state index >= 15 is 0 Å². The molecule has 0 aliphatic carbocycles. The van der Waals surface area contributed by atoms with Crippen LogP contribution in [-0.2, 0) is 17.8 Å². The number of nitrogens with one attached hydrogen (secondary N) is 2. The quantitative estimate of drug-likeness (QED) is 0.225. The van der Waals surface area contributed by atoms with Crippen LogP contribution in [0.4, 0.5) is 4.39 Å². The van der Waals surface area contributed by atoms with Crippen LogP contribution in [0.25, 0.3) is 17.0 Å². The third-order valence-corrected chi connectivity index (χ3v) is 5.79. The Labute approximate surface area is 205 Å². The molecule has 2 N–H and O–H groups in total. The van der Waals surface area contributed by atoms with E-state index in [2.05, 4.69) is 26.2 Å². The fourth-order valence-corrected chi connectivity index (χ4v) is 3.93. The van der Waals surface area contributed by atoms with Gasteiger partial charge >= 0.3 is 0 Å². The highest BCUT2D eigenvalue weighted by Gasteiger charge is 2.12. The molecule has 3 aromatic carbocycles. The van der Waals surface area contributed by atoms with Crippen molar-refractivity contribution in [2.75, 3.05) is 6.54 Å². The molecule has 0 unspecified atom stereocenters. The lowest BCUT2D eigenvalue weighted by Gasteiger charge is -2.11. The van der Waals surface area contributed by atoms with Gasteiger partial charge in [0.15, 0.2) is 0 Å². The van der Waals surface area contributed by atoms with Crippen LogP contribution in [0, 0.1) is 17.1 Å². The molecule has 4 aromatic rings. The van der Waals surface area contributed by atoms with Gasteiger partial charge in [-0.05, 0) is 60.0 Å². The van der Waals surface area contributed by atoms with Crippen LogP contribution in [0.5, 0.6) is 5.75 Å². The fraction of sp³-hybridized carbons (Fsp3) is 0.111. The number of halogens is 2. The monoisotopic (exact) mass is 517 g/mol. The molecule has 0 atom stereocenters. The van der Waals surface area contributed by atoms with Crippen LogP contribution < -0.4 is 10.1 Å². The van der Waals surface area contributed by atoms with E-state index in [1.807, 2.05) is 42.6 Å². The zero-order chi connectivity index (χ0) is 23.9. The van der Waals surface area contributed by atoms with E-state index in [0.29, 0.717) is 24.3 Å². The van der Waals surface area contributed by atoms with E-state index in [0.717, 1.165) is 26.5 Å². The van der Waals surface area contributed by atoms with Gasteiger partial charge in [-0.3, -0.25) is 4.79 Å². The number of rotatable bonds is 8. The largest absolute Gasteiger partial charge is 0.488 e. The van der Waals surface area contributed by atoms with Crippen molar-refractivity contribution in [1.82, 2.24) is 10.3 Å². The second kappa shape index (κ2) is 10.8. The molecule has 34 heavy (non-hydrogen) atoms. The number of amides is 1. The Bertz CT molecular complexity index is 1390. The molecular formula is C27H21BrFN3O2. The molecule has 0 aliphatic heterocycles. The van der Waals surface area contributed by atoms with Crippen molar-refractivity contribution >= 4 is 38.8 Å². The van der Waals surface area contributed by atoms with Crippen LogP contribution in [0.1, 0.15) is 16.7 Å². The molecule has 0 aliphatic rings. The van der Waals surface area contributed by atoms with Crippen molar-refractivity contribution in [2.45, 2.75) is 13.0 Å². The van der Waals surface area contributed by atoms with Gasteiger partial charge in [-0.1, -0.05) is 46.3 Å². The number of nitrogens with zero attached hydrogens (tertiary/aromatic N) is 1. The first-order chi connectivity index (χ1) is 16.5. The van der Waals surface area contributed by atoms with Gasteiger partial charge in [0, 0.05) is 33.7 Å². The Morgan fingerprint density at radius 3 is 2.74 bits per heavy atom. The molecule has 0 fully saturated rings. The summed E-state index contributed by atoms with van der Waals surface area (Å²) >= 11 is 3.42. The molecule has 170 valence electrons. The molecule has 1 aromatic heterocycles. The summed E-state index contributed by atoms with van der Waals surface area (Å²) in [6.07, 6.45) is 4.08. The highest BCUT2D eigenvalue weighted by Crippen LogP contribution is 2.26. The Kier molecular flexibility index (Phi) is 7.41. The van der Waals surface area contributed by atoms with E-state index in [1.165, 1.54) is 18.2 Å². The minimum Gasteiger partial charge on any atom is -0.488 e. The second-order valence-corrected chi connectivity index (χ2v) is 8.55. The minimum absolute atomic E-state index is 0.0244. The highest BCUT2D eigenvalue weighted by molar-refractivity contribution is 9.10. The normalized spacial score (nSPS) is 11.3. The third kappa shape index (κ3) is 5.72. The van der Waals surface area contributed by atoms with Gasteiger partial charge in [-0.2, -0.15) is 5.26 Å². The number of benzene rings is 3. The molecule has 1 heterocycles. The first-order valence-electron chi connectivity index (χ1n) is 10.7. The van der Waals surface area contributed by atoms with E-state index in [-0.39, 0.29) is 18.0 Å². The zero-order valence-corrected chi connectivity index (χ0v) is 19.7. The standard InChI is InChI=1S/C27H21BrFN3O2/c28-22-7-10-26(34-17-18-5-8-23(29)9-6-18)20(14-22)13-21(15-30)27(33)31-12-11-19-16-32-25-4-2-1-3-24(19)25/h1-10,13-14,16,32H,11-12,17H2,(H,31,33)/b21-13-. The van der Waals surface area contributed by atoms with Crippen molar-refractivity contribution in [1.29, 1.82) is 5.26 Å². The fourth-order valence-electron chi connectivity index (χ4n) is 3.55. The van der Waals surface area contributed by atoms with Gasteiger partial charge in [0.05, 0.1) is 0 Å². The molecule has 0 saturated heterocycles. The lowest BCUT2D eigenvalue weighted by molar-refractivity contribution is -0.117. The van der Waals surface area contributed by atoms with Gasteiger partial charge in [0.1, 0.15) is 29.8 Å².